The van der Waals surface area contributed by atoms with E-state index in [1.54, 1.807) is 0 Å². The molecule has 0 saturated heterocycles. The van der Waals surface area contributed by atoms with Gasteiger partial charge < -0.3 is 13.9 Å². The van der Waals surface area contributed by atoms with Gasteiger partial charge in [0, 0.05) is 6.61 Å². The van der Waals surface area contributed by atoms with E-state index < -0.39 is 11.6 Å². The second-order valence-electron chi connectivity index (χ2n) is 6.54. The van der Waals surface area contributed by atoms with Gasteiger partial charge in [0.2, 0.25) is 11.5 Å². The van der Waals surface area contributed by atoms with Crippen molar-refractivity contribution in [1.82, 2.24) is 4.98 Å². The highest BCUT2D eigenvalue weighted by Gasteiger charge is 2.44. The molecule has 5 nitrogen and oxygen atoms in total. The lowest BCUT2D eigenvalue weighted by Crippen LogP contribution is -2.41. The molecule has 4 rings (SSSR count). The van der Waals surface area contributed by atoms with Crippen molar-refractivity contribution < 1.29 is 18.7 Å². The normalized spacial score (nSPS) is 11.4. The smallest absolute Gasteiger partial charge is 0.348 e. The zero-order valence-corrected chi connectivity index (χ0v) is 17.3. The van der Waals surface area contributed by atoms with Gasteiger partial charge in [0.05, 0.1) is 4.88 Å². The number of thiophene rings is 1. The topological polar surface area (TPSA) is 61.6 Å². The van der Waals surface area contributed by atoms with Crippen LogP contribution >= 0.6 is 11.3 Å². The number of oxazole rings is 1. The molecule has 0 fully saturated rings. The van der Waals surface area contributed by atoms with Crippen LogP contribution in [0, 0.1) is 0 Å². The summed E-state index contributed by atoms with van der Waals surface area (Å²) in [5, 5.41) is 1.95. The molecule has 0 aliphatic rings. The van der Waals surface area contributed by atoms with Crippen LogP contribution in [0.2, 0.25) is 0 Å². The summed E-state index contributed by atoms with van der Waals surface area (Å²) in [6.07, 6.45) is 1.51. The third kappa shape index (κ3) is 3.92. The summed E-state index contributed by atoms with van der Waals surface area (Å²) >= 11 is 1.54. The van der Waals surface area contributed by atoms with Crippen molar-refractivity contribution in [2.24, 2.45) is 0 Å². The highest BCUT2D eigenvalue weighted by molar-refractivity contribution is 7.13. The maximum atomic E-state index is 13.5. The molecule has 0 N–H and O–H groups in total. The molecule has 0 bridgehead atoms. The molecule has 6 heteroatoms. The maximum Gasteiger partial charge on any atom is 0.348 e. The highest BCUT2D eigenvalue weighted by Crippen LogP contribution is 2.35. The van der Waals surface area contributed by atoms with Crippen LogP contribution in [-0.4, -0.2) is 17.6 Å². The number of ether oxygens (including phenoxy) is 2. The van der Waals surface area contributed by atoms with Crippen molar-refractivity contribution in [2.75, 3.05) is 6.61 Å². The number of aromatic nitrogens is 1. The van der Waals surface area contributed by atoms with Gasteiger partial charge in [0.15, 0.2) is 0 Å². The van der Waals surface area contributed by atoms with E-state index in [1.165, 1.54) is 17.6 Å². The van der Waals surface area contributed by atoms with E-state index >= 15 is 0 Å². The first-order valence-corrected chi connectivity index (χ1v) is 10.5. The second-order valence-corrected chi connectivity index (χ2v) is 7.49. The van der Waals surface area contributed by atoms with Gasteiger partial charge in [-0.15, -0.1) is 11.3 Å². The fourth-order valence-electron chi connectivity index (χ4n) is 3.32. The molecule has 0 amide bonds. The van der Waals surface area contributed by atoms with Crippen LogP contribution in [0.3, 0.4) is 0 Å². The fraction of sp³-hybridized carbons (Fsp3) is 0.167. The first-order valence-electron chi connectivity index (χ1n) is 9.64. The van der Waals surface area contributed by atoms with E-state index in [0.29, 0.717) is 29.3 Å². The van der Waals surface area contributed by atoms with Gasteiger partial charge in [0.1, 0.15) is 18.6 Å². The molecule has 152 valence electrons. The zero-order chi connectivity index (χ0) is 20.8. The quantitative estimate of drug-likeness (QED) is 0.357. The molecule has 0 aliphatic carbocycles. The number of nitrogens with zero attached hydrogens (tertiary/aromatic N) is 1. The Morgan fingerprint density at radius 1 is 1.00 bits per heavy atom. The lowest BCUT2D eigenvalue weighted by Gasteiger charge is -2.32. The van der Waals surface area contributed by atoms with Crippen LogP contribution in [0.25, 0.3) is 10.8 Å². The molecule has 0 atom stereocenters. The Hall–Kier alpha value is -3.22. The van der Waals surface area contributed by atoms with Crippen molar-refractivity contribution in [2.45, 2.75) is 19.1 Å². The van der Waals surface area contributed by atoms with E-state index in [1.807, 2.05) is 85.1 Å². The van der Waals surface area contributed by atoms with Crippen LogP contribution in [0.5, 0.6) is 0 Å². The predicted molar refractivity (Wildman–Crippen MR) is 115 cm³/mol. The molecule has 0 aliphatic heterocycles. The van der Waals surface area contributed by atoms with E-state index in [-0.39, 0.29) is 6.61 Å². The molecule has 2 aromatic heterocycles. The molecule has 0 radical (unpaired) electrons. The molecule has 0 saturated carbocycles. The van der Waals surface area contributed by atoms with Crippen molar-refractivity contribution >= 4 is 17.3 Å². The molecular formula is C24H21NO4S. The standard InChI is InChI=1S/C24H21NO4S/c1-2-29-24(18-10-5-3-6-11-18,19-12-7-4-8-13-19)23(26)28-17-20-16-27-22(25-20)21-14-9-15-30-21/h3-16H,2,17H2,1H3. The first-order chi connectivity index (χ1) is 14.7. The van der Waals surface area contributed by atoms with Gasteiger partial charge in [-0.25, -0.2) is 9.78 Å². The molecule has 0 unspecified atom stereocenters. The van der Waals surface area contributed by atoms with Gasteiger partial charge in [-0.2, -0.15) is 0 Å². The summed E-state index contributed by atoms with van der Waals surface area (Å²) in [6.45, 7) is 2.19. The third-order valence-corrected chi connectivity index (χ3v) is 5.50. The van der Waals surface area contributed by atoms with Crippen LogP contribution < -0.4 is 0 Å². The van der Waals surface area contributed by atoms with E-state index in [9.17, 15) is 4.79 Å². The largest absolute Gasteiger partial charge is 0.456 e. The van der Waals surface area contributed by atoms with Crippen LogP contribution in [-0.2, 0) is 26.5 Å². The minimum atomic E-state index is -1.36. The van der Waals surface area contributed by atoms with Gasteiger partial charge in [-0.05, 0) is 29.5 Å². The zero-order valence-electron chi connectivity index (χ0n) is 16.5. The van der Waals surface area contributed by atoms with Crippen molar-refractivity contribution in [3.63, 3.8) is 0 Å². The summed E-state index contributed by atoms with van der Waals surface area (Å²) in [5.41, 5.74) is 0.598. The second kappa shape index (κ2) is 9.07. The Balaban J connectivity index is 1.63. The number of hydrogen-bond acceptors (Lipinski definition) is 6. The Morgan fingerprint density at radius 2 is 1.67 bits per heavy atom. The molecule has 30 heavy (non-hydrogen) atoms. The minimum absolute atomic E-state index is 0.0117. The molecule has 0 spiro atoms. The number of carbonyl (C=O) groups is 1. The van der Waals surface area contributed by atoms with Crippen LogP contribution in [0.15, 0.2) is 88.9 Å². The molecule has 4 aromatic rings. The number of esters is 1. The minimum Gasteiger partial charge on any atom is -0.456 e. The lowest BCUT2D eigenvalue weighted by molar-refractivity contribution is -0.169. The molecule has 2 aromatic carbocycles. The molecular weight excluding hydrogens is 398 g/mol. The average molecular weight is 420 g/mol. The van der Waals surface area contributed by atoms with Crippen molar-refractivity contribution in [3.8, 4) is 10.8 Å². The van der Waals surface area contributed by atoms with Gasteiger partial charge in [0.25, 0.3) is 0 Å². The van der Waals surface area contributed by atoms with Gasteiger partial charge in [-0.3, -0.25) is 0 Å². The van der Waals surface area contributed by atoms with Crippen molar-refractivity contribution in [1.29, 1.82) is 0 Å². The summed E-state index contributed by atoms with van der Waals surface area (Å²) in [5.74, 6) is 0.0145. The Kier molecular flexibility index (Phi) is 6.07. The summed E-state index contributed by atoms with van der Waals surface area (Å²) in [7, 11) is 0. The van der Waals surface area contributed by atoms with E-state index in [2.05, 4.69) is 4.98 Å². The number of hydrogen-bond donors (Lipinski definition) is 0. The van der Waals surface area contributed by atoms with Crippen LogP contribution in [0.1, 0.15) is 23.7 Å². The third-order valence-electron chi connectivity index (χ3n) is 4.64. The Bertz CT molecular complexity index is 1040. The van der Waals surface area contributed by atoms with Gasteiger partial charge in [-0.1, -0.05) is 66.7 Å². The predicted octanol–water partition coefficient (Wildman–Crippen LogP) is 5.43. The number of benzene rings is 2. The summed E-state index contributed by atoms with van der Waals surface area (Å²) in [6, 6.07) is 22.7. The Labute approximate surface area is 178 Å². The fourth-order valence-corrected chi connectivity index (χ4v) is 3.97. The number of rotatable bonds is 8. The maximum absolute atomic E-state index is 13.5. The highest BCUT2D eigenvalue weighted by atomic mass is 32.1. The summed E-state index contributed by atoms with van der Waals surface area (Å²) in [4.78, 5) is 18.8. The van der Waals surface area contributed by atoms with E-state index in [4.69, 9.17) is 13.9 Å². The first kappa shape index (κ1) is 20.1. The van der Waals surface area contributed by atoms with Crippen molar-refractivity contribution in [3.05, 3.63) is 101 Å². The van der Waals surface area contributed by atoms with Gasteiger partial charge >= 0.3 is 5.97 Å². The SMILES string of the molecule is CCOC(C(=O)OCc1coc(-c2cccs2)n1)(c1ccccc1)c1ccccc1. The van der Waals surface area contributed by atoms with E-state index in [0.717, 1.165) is 4.88 Å². The molecule has 2 heterocycles. The van der Waals surface area contributed by atoms with Crippen LogP contribution in [0.4, 0.5) is 0 Å². The average Bonchev–Trinajstić information content (AvgIpc) is 3.49. The summed E-state index contributed by atoms with van der Waals surface area (Å²) < 4.78 is 17.3. The number of carbonyl (C=O) groups excluding carboxylic acids is 1. The lowest BCUT2D eigenvalue weighted by atomic mass is 9.86. The monoisotopic (exact) mass is 419 g/mol. The Morgan fingerprint density at radius 3 is 2.23 bits per heavy atom.